The fraction of sp³-hybridized carbons (Fsp3) is 0.375. The third-order valence-electron chi connectivity index (χ3n) is 3.82. The number of hydrogen-bond donors (Lipinski definition) is 1. The molecule has 0 spiro atoms. The zero-order valence-corrected chi connectivity index (χ0v) is 13.9. The molecule has 0 aliphatic heterocycles. The standard InChI is InChI=1S/C16H18BrNOS/c1-19-14-7-3-2-5-11(14)10-18-13-6-4-8-15-12(13)9-16(17)20-15/h2-3,5,7,9,13,18H,4,6,8,10H2,1H3. The van der Waals surface area contributed by atoms with Crippen molar-refractivity contribution in [3.8, 4) is 5.75 Å². The molecule has 0 saturated carbocycles. The zero-order valence-electron chi connectivity index (χ0n) is 11.5. The highest BCUT2D eigenvalue weighted by molar-refractivity contribution is 9.11. The Labute approximate surface area is 132 Å². The summed E-state index contributed by atoms with van der Waals surface area (Å²) in [5.74, 6) is 0.961. The lowest BCUT2D eigenvalue weighted by Gasteiger charge is -2.24. The molecule has 1 aromatic carbocycles. The molecule has 20 heavy (non-hydrogen) atoms. The smallest absolute Gasteiger partial charge is 0.123 e. The zero-order chi connectivity index (χ0) is 13.9. The molecule has 1 atom stereocenters. The van der Waals surface area contributed by atoms with E-state index in [4.69, 9.17) is 4.74 Å². The first-order chi connectivity index (χ1) is 9.78. The van der Waals surface area contributed by atoms with Crippen LogP contribution >= 0.6 is 27.3 Å². The molecule has 0 fully saturated rings. The van der Waals surface area contributed by atoms with E-state index in [-0.39, 0.29) is 0 Å². The van der Waals surface area contributed by atoms with Gasteiger partial charge < -0.3 is 10.1 Å². The van der Waals surface area contributed by atoms with Crippen LogP contribution in [0.2, 0.25) is 0 Å². The van der Waals surface area contributed by atoms with E-state index >= 15 is 0 Å². The summed E-state index contributed by atoms with van der Waals surface area (Å²) in [5.41, 5.74) is 2.69. The minimum absolute atomic E-state index is 0.464. The van der Waals surface area contributed by atoms with Gasteiger partial charge >= 0.3 is 0 Å². The van der Waals surface area contributed by atoms with E-state index in [1.165, 1.54) is 39.1 Å². The Morgan fingerprint density at radius 3 is 3.10 bits per heavy atom. The number of methoxy groups -OCH3 is 1. The van der Waals surface area contributed by atoms with Crippen molar-refractivity contribution in [3.63, 3.8) is 0 Å². The number of ether oxygens (including phenoxy) is 1. The predicted octanol–water partition coefficient (Wildman–Crippen LogP) is 4.69. The lowest BCUT2D eigenvalue weighted by atomic mass is 9.94. The van der Waals surface area contributed by atoms with Gasteiger partial charge in [0.15, 0.2) is 0 Å². The Balaban J connectivity index is 1.73. The third-order valence-corrected chi connectivity index (χ3v) is 5.53. The summed E-state index contributed by atoms with van der Waals surface area (Å²) in [4.78, 5) is 1.53. The molecule has 1 aromatic heterocycles. The number of benzene rings is 1. The average molecular weight is 352 g/mol. The van der Waals surface area contributed by atoms with Crippen LogP contribution in [-0.4, -0.2) is 7.11 Å². The molecule has 2 aromatic rings. The molecule has 0 saturated heterocycles. The number of fused-ring (bicyclic) bond motifs is 1. The van der Waals surface area contributed by atoms with Gasteiger partial charge in [0, 0.05) is 23.0 Å². The minimum atomic E-state index is 0.464. The highest BCUT2D eigenvalue weighted by Gasteiger charge is 2.22. The molecule has 0 amide bonds. The van der Waals surface area contributed by atoms with Gasteiger partial charge in [-0.25, -0.2) is 0 Å². The number of aryl methyl sites for hydroxylation is 1. The summed E-state index contributed by atoms with van der Waals surface area (Å²) < 4.78 is 6.66. The van der Waals surface area contributed by atoms with Crippen LogP contribution in [0.4, 0.5) is 0 Å². The van der Waals surface area contributed by atoms with E-state index in [1.54, 1.807) is 7.11 Å². The van der Waals surface area contributed by atoms with Gasteiger partial charge in [0.1, 0.15) is 5.75 Å². The van der Waals surface area contributed by atoms with Crippen molar-refractivity contribution in [3.05, 3.63) is 50.1 Å². The summed E-state index contributed by atoms with van der Waals surface area (Å²) in [6.07, 6.45) is 3.70. The molecule has 1 heterocycles. The van der Waals surface area contributed by atoms with Gasteiger partial charge in [0.05, 0.1) is 10.9 Å². The molecule has 106 valence electrons. The van der Waals surface area contributed by atoms with Gasteiger partial charge in [-0.2, -0.15) is 0 Å². The monoisotopic (exact) mass is 351 g/mol. The van der Waals surface area contributed by atoms with Crippen molar-refractivity contribution >= 4 is 27.3 Å². The summed E-state index contributed by atoms with van der Waals surface area (Å²) in [6.45, 7) is 0.849. The molecule has 1 aliphatic rings. The predicted molar refractivity (Wildman–Crippen MR) is 87.5 cm³/mol. The summed E-state index contributed by atoms with van der Waals surface area (Å²) >= 11 is 5.48. The van der Waals surface area contributed by atoms with Crippen LogP contribution in [0, 0.1) is 0 Å². The highest BCUT2D eigenvalue weighted by atomic mass is 79.9. The van der Waals surface area contributed by atoms with Crippen molar-refractivity contribution in [1.82, 2.24) is 5.32 Å². The van der Waals surface area contributed by atoms with Gasteiger partial charge in [-0.1, -0.05) is 18.2 Å². The highest BCUT2D eigenvalue weighted by Crippen LogP contribution is 2.38. The minimum Gasteiger partial charge on any atom is -0.496 e. The van der Waals surface area contributed by atoms with E-state index < -0.39 is 0 Å². The van der Waals surface area contributed by atoms with E-state index in [2.05, 4.69) is 39.4 Å². The molecule has 1 aliphatic carbocycles. The van der Waals surface area contributed by atoms with Crippen LogP contribution < -0.4 is 10.1 Å². The van der Waals surface area contributed by atoms with Crippen LogP contribution in [0.15, 0.2) is 34.1 Å². The van der Waals surface area contributed by atoms with E-state index in [1.807, 2.05) is 23.5 Å². The average Bonchev–Trinajstić information content (AvgIpc) is 2.86. The third kappa shape index (κ3) is 2.92. The SMILES string of the molecule is COc1ccccc1CNC1CCCc2sc(Br)cc21. The van der Waals surface area contributed by atoms with E-state index in [9.17, 15) is 0 Å². The number of hydrogen-bond acceptors (Lipinski definition) is 3. The van der Waals surface area contributed by atoms with Gasteiger partial charge in [0.2, 0.25) is 0 Å². The maximum Gasteiger partial charge on any atom is 0.123 e. The Kier molecular flexibility index (Phi) is 4.44. The fourth-order valence-corrected chi connectivity index (χ4v) is 4.64. The number of thiophene rings is 1. The van der Waals surface area contributed by atoms with Crippen molar-refractivity contribution < 1.29 is 4.74 Å². The second kappa shape index (κ2) is 6.29. The lowest BCUT2D eigenvalue weighted by Crippen LogP contribution is -2.24. The first kappa shape index (κ1) is 14.1. The van der Waals surface area contributed by atoms with E-state index in [0.29, 0.717) is 6.04 Å². The first-order valence-corrected chi connectivity index (χ1v) is 8.52. The number of nitrogens with one attached hydrogen (secondary N) is 1. The second-order valence-electron chi connectivity index (χ2n) is 5.07. The van der Waals surface area contributed by atoms with Crippen molar-refractivity contribution in [2.24, 2.45) is 0 Å². The van der Waals surface area contributed by atoms with Gasteiger partial charge in [-0.05, 0) is 52.9 Å². The molecular weight excluding hydrogens is 334 g/mol. The number of rotatable bonds is 4. The van der Waals surface area contributed by atoms with E-state index in [0.717, 1.165) is 12.3 Å². The van der Waals surface area contributed by atoms with Crippen molar-refractivity contribution in [2.75, 3.05) is 7.11 Å². The quantitative estimate of drug-likeness (QED) is 0.862. The molecule has 2 nitrogen and oxygen atoms in total. The molecular formula is C16H18BrNOS. The van der Waals surface area contributed by atoms with Crippen LogP contribution in [0.3, 0.4) is 0 Å². The Morgan fingerprint density at radius 2 is 2.25 bits per heavy atom. The van der Waals surface area contributed by atoms with Gasteiger partial charge in [0.25, 0.3) is 0 Å². The molecule has 3 rings (SSSR count). The van der Waals surface area contributed by atoms with Crippen LogP contribution in [-0.2, 0) is 13.0 Å². The van der Waals surface area contributed by atoms with Crippen LogP contribution in [0.1, 0.15) is 34.9 Å². The van der Waals surface area contributed by atoms with Crippen molar-refractivity contribution in [2.45, 2.75) is 31.8 Å². The van der Waals surface area contributed by atoms with Crippen LogP contribution in [0.5, 0.6) is 5.75 Å². The normalized spacial score (nSPS) is 17.8. The maximum atomic E-state index is 5.41. The maximum absolute atomic E-state index is 5.41. The second-order valence-corrected chi connectivity index (χ2v) is 7.58. The molecule has 1 unspecified atom stereocenters. The summed E-state index contributed by atoms with van der Waals surface area (Å²) in [6, 6.07) is 11.0. The van der Waals surface area contributed by atoms with Gasteiger partial charge in [-0.3, -0.25) is 0 Å². The number of para-hydroxylation sites is 1. The number of halogens is 1. The summed E-state index contributed by atoms with van der Waals surface area (Å²) in [7, 11) is 1.73. The lowest BCUT2D eigenvalue weighted by molar-refractivity contribution is 0.401. The topological polar surface area (TPSA) is 21.3 Å². The van der Waals surface area contributed by atoms with Gasteiger partial charge in [-0.15, -0.1) is 11.3 Å². The Bertz CT molecular complexity index is 596. The molecule has 0 bridgehead atoms. The molecule has 0 radical (unpaired) electrons. The molecule has 4 heteroatoms. The molecule has 1 N–H and O–H groups in total. The first-order valence-electron chi connectivity index (χ1n) is 6.91. The Hall–Kier alpha value is -0.840. The van der Waals surface area contributed by atoms with Crippen LogP contribution in [0.25, 0.3) is 0 Å². The summed E-state index contributed by atoms with van der Waals surface area (Å²) in [5, 5.41) is 3.69. The van der Waals surface area contributed by atoms with Crippen molar-refractivity contribution in [1.29, 1.82) is 0 Å². The largest absolute Gasteiger partial charge is 0.496 e. The Morgan fingerprint density at radius 1 is 1.40 bits per heavy atom. The fourth-order valence-electron chi connectivity index (χ4n) is 2.82.